The van der Waals surface area contributed by atoms with E-state index in [1.54, 1.807) is 12.1 Å². The molecule has 0 saturated heterocycles. The molecule has 0 fully saturated rings. The van der Waals surface area contributed by atoms with Gasteiger partial charge in [0, 0.05) is 18.1 Å². The number of carbonyl (C=O) groups is 1. The smallest absolute Gasteiger partial charge is 0.287 e. The second-order valence-electron chi connectivity index (χ2n) is 7.01. The van der Waals surface area contributed by atoms with Crippen LogP contribution in [-0.4, -0.2) is 10.5 Å². The zero-order chi connectivity index (χ0) is 21.8. The van der Waals surface area contributed by atoms with Crippen LogP contribution in [0.1, 0.15) is 34.8 Å². The van der Waals surface area contributed by atoms with E-state index in [1.165, 1.54) is 18.2 Å². The predicted octanol–water partition coefficient (Wildman–Crippen LogP) is 5.93. The normalized spacial score (nSPS) is 11.8. The summed E-state index contributed by atoms with van der Waals surface area (Å²) in [6.07, 6.45) is 3.93. The van der Waals surface area contributed by atoms with Crippen molar-refractivity contribution in [3.63, 3.8) is 0 Å². The highest BCUT2D eigenvalue weighted by molar-refractivity contribution is 6.32. The van der Waals surface area contributed by atoms with E-state index >= 15 is 0 Å². The Kier molecular flexibility index (Phi) is 6.09. The standard InChI is InChI=1S/C24H20ClFN2O3/c1-16(17-5-4-6-19(13-17)28-11-2-3-12-28)27-24(29)23-10-8-20(31-23)15-30-22-9-7-18(26)14-21(22)25/h2-14,16H,15H2,1H3,(H,27,29). The Balaban J connectivity index is 1.38. The van der Waals surface area contributed by atoms with Gasteiger partial charge in [0.15, 0.2) is 5.76 Å². The molecule has 1 unspecified atom stereocenters. The molecule has 0 aliphatic heterocycles. The van der Waals surface area contributed by atoms with E-state index in [9.17, 15) is 9.18 Å². The van der Waals surface area contributed by atoms with Crippen molar-refractivity contribution in [2.45, 2.75) is 19.6 Å². The lowest BCUT2D eigenvalue weighted by Gasteiger charge is -2.15. The molecule has 2 heterocycles. The Labute approximate surface area is 184 Å². The number of amides is 1. The minimum Gasteiger partial charge on any atom is -0.484 e. The Morgan fingerprint density at radius 1 is 1.13 bits per heavy atom. The maximum Gasteiger partial charge on any atom is 0.287 e. The van der Waals surface area contributed by atoms with Gasteiger partial charge in [-0.3, -0.25) is 4.79 Å². The van der Waals surface area contributed by atoms with E-state index in [2.05, 4.69) is 5.32 Å². The number of nitrogens with zero attached hydrogens (tertiary/aromatic N) is 1. The van der Waals surface area contributed by atoms with Gasteiger partial charge >= 0.3 is 0 Å². The van der Waals surface area contributed by atoms with Crippen LogP contribution < -0.4 is 10.1 Å². The van der Waals surface area contributed by atoms with Crippen LogP contribution in [-0.2, 0) is 6.61 Å². The van der Waals surface area contributed by atoms with E-state index in [0.717, 1.165) is 11.3 Å². The average molecular weight is 439 g/mol. The first-order valence-electron chi connectivity index (χ1n) is 9.70. The fraction of sp³-hybridized carbons (Fsp3) is 0.125. The van der Waals surface area contributed by atoms with E-state index in [-0.39, 0.29) is 29.3 Å². The summed E-state index contributed by atoms with van der Waals surface area (Å²) in [4.78, 5) is 12.6. The first-order valence-corrected chi connectivity index (χ1v) is 10.1. The number of halogens is 2. The minimum absolute atomic E-state index is 0.0626. The Bertz CT molecular complexity index is 1190. The molecule has 7 heteroatoms. The highest BCUT2D eigenvalue weighted by Crippen LogP contribution is 2.26. The molecule has 1 N–H and O–H groups in total. The van der Waals surface area contributed by atoms with Crippen LogP contribution in [0.2, 0.25) is 5.02 Å². The zero-order valence-electron chi connectivity index (χ0n) is 16.7. The van der Waals surface area contributed by atoms with Crippen molar-refractivity contribution in [2.24, 2.45) is 0 Å². The summed E-state index contributed by atoms with van der Waals surface area (Å²) in [5.41, 5.74) is 1.99. The predicted molar refractivity (Wildman–Crippen MR) is 116 cm³/mol. The van der Waals surface area contributed by atoms with Crippen molar-refractivity contribution in [1.29, 1.82) is 0 Å². The number of carbonyl (C=O) groups excluding carboxylic acids is 1. The third-order valence-electron chi connectivity index (χ3n) is 4.77. The Morgan fingerprint density at radius 3 is 2.71 bits per heavy atom. The molecule has 0 bridgehead atoms. The van der Waals surface area contributed by atoms with Crippen LogP contribution in [0.3, 0.4) is 0 Å². The van der Waals surface area contributed by atoms with Crippen LogP contribution in [0.4, 0.5) is 4.39 Å². The molecule has 0 aliphatic carbocycles. The fourth-order valence-corrected chi connectivity index (χ4v) is 3.35. The zero-order valence-corrected chi connectivity index (χ0v) is 17.5. The molecule has 2 aromatic carbocycles. The summed E-state index contributed by atoms with van der Waals surface area (Å²) in [5, 5.41) is 3.11. The van der Waals surface area contributed by atoms with E-state index in [0.29, 0.717) is 11.5 Å². The third kappa shape index (κ3) is 4.98. The van der Waals surface area contributed by atoms with Gasteiger partial charge < -0.3 is 19.0 Å². The third-order valence-corrected chi connectivity index (χ3v) is 5.07. The van der Waals surface area contributed by atoms with Crippen molar-refractivity contribution < 1.29 is 18.3 Å². The molecule has 0 saturated carbocycles. The van der Waals surface area contributed by atoms with Gasteiger partial charge in [-0.15, -0.1) is 0 Å². The lowest BCUT2D eigenvalue weighted by Crippen LogP contribution is -2.26. The fourth-order valence-electron chi connectivity index (χ4n) is 3.13. The first kappa shape index (κ1) is 20.8. The largest absolute Gasteiger partial charge is 0.484 e. The molecule has 0 radical (unpaired) electrons. The molecule has 158 valence electrons. The minimum atomic E-state index is -0.442. The molecular weight excluding hydrogens is 419 g/mol. The molecule has 31 heavy (non-hydrogen) atoms. The molecule has 2 aromatic heterocycles. The van der Waals surface area contributed by atoms with Crippen LogP contribution in [0.5, 0.6) is 5.75 Å². The van der Waals surface area contributed by atoms with Crippen molar-refractivity contribution in [3.8, 4) is 11.4 Å². The Hall–Kier alpha value is -3.51. The van der Waals surface area contributed by atoms with Crippen molar-refractivity contribution in [1.82, 2.24) is 9.88 Å². The van der Waals surface area contributed by atoms with E-state index in [1.807, 2.05) is 60.3 Å². The van der Waals surface area contributed by atoms with Crippen molar-refractivity contribution in [2.75, 3.05) is 0 Å². The van der Waals surface area contributed by atoms with Gasteiger partial charge in [0.1, 0.15) is 23.9 Å². The van der Waals surface area contributed by atoms with Crippen molar-refractivity contribution in [3.05, 3.63) is 107 Å². The van der Waals surface area contributed by atoms with Gasteiger partial charge in [-0.25, -0.2) is 4.39 Å². The monoisotopic (exact) mass is 438 g/mol. The molecule has 1 atom stereocenters. The number of furan rings is 1. The summed E-state index contributed by atoms with van der Waals surface area (Å²) >= 11 is 5.95. The number of benzene rings is 2. The summed E-state index contributed by atoms with van der Waals surface area (Å²) < 4.78 is 26.3. The number of hydrogen-bond acceptors (Lipinski definition) is 3. The average Bonchev–Trinajstić information content (AvgIpc) is 3.46. The number of nitrogens with one attached hydrogen (secondary N) is 1. The van der Waals surface area contributed by atoms with Gasteiger partial charge in [0.05, 0.1) is 11.1 Å². The molecule has 1 amide bonds. The van der Waals surface area contributed by atoms with E-state index < -0.39 is 5.82 Å². The quantitative estimate of drug-likeness (QED) is 0.389. The SMILES string of the molecule is CC(NC(=O)c1ccc(COc2ccc(F)cc2Cl)o1)c1cccc(-n2cccc2)c1. The summed E-state index contributed by atoms with van der Waals surface area (Å²) in [5.74, 6) is 0.193. The van der Waals surface area contributed by atoms with Crippen molar-refractivity contribution >= 4 is 17.5 Å². The van der Waals surface area contributed by atoms with E-state index in [4.69, 9.17) is 20.8 Å². The highest BCUT2D eigenvalue weighted by Gasteiger charge is 2.16. The summed E-state index contributed by atoms with van der Waals surface area (Å²) in [7, 11) is 0. The molecule has 4 rings (SSSR count). The summed E-state index contributed by atoms with van der Waals surface area (Å²) in [6.45, 7) is 1.98. The van der Waals surface area contributed by atoms with Gasteiger partial charge in [0.2, 0.25) is 0 Å². The molecule has 5 nitrogen and oxygen atoms in total. The number of aromatic nitrogens is 1. The second-order valence-corrected chi connectivity index (χ2v) is 7.42. The molecule has 4 aromatic rings. The van der Waals surface area contributed by atoms with Gasteiger partial charge in [-0.05, 0) is 67.1 Å². The van der Waals surface area contributed by atoms with Gasteiger partial charge in [-0.1, -0.05) is 23.7 Å². The maximum absolute atomic E-state index is 13.1. The van der Waals surface area contributed by atoms with Crippen LogP contribution in [0.15, 0.2) is 83.5 Å². The van der Waals surface area contributed by atoms with Gasteiger partial charge in [0.25, 0.3) is 5.91 Å². The van der Waals surface area contributed by atoms with Gasteiger partial charge in [-0.2, -0.15) is 0 Å². The Morgan fingerprint density at radius 2 is 1.94 bits per heavy atom. The van der Waals surface area contributed by atoms with Crippen LogP contribution in [0, 0.1) is 5.82 Å². The van der Waals surface area contributed by atoms with Crippen LogP contribution in [0.25, 0.3) is 5.69 Å². The summed E-state index contributed by atoms with van der Waals surface area (Å²) in [6, 6.07) is 18.8. The molecular formula is C24H20ClFN2O3. The number of rotatable bonds is 7. The molecule has 0 aliphatic rings. The first-order chi connectivity index (χ1) is 15.0. The highest BCUT2D eigenvalue weighted by atomic mass is 35.5. The van der Waals surface area contributed by atoms with Crippen LogP contribution >= 0.6 is 11.6 Å². The maximum atomic E-state index is 13.1. The number of ether oxygens (including phenoxy) is 1. The topological polar surface area (TPSA) is 56.4 Å². The second kappa shape index (κ2) is 9.10. The molecule has 0 spiro atoms. The number of hydrogen-bond donors (Lipinski definition) is 1. The lowest BCUT2D eigenvalue weighted by atomic mass is 10.1. The lowest BCUT2D eigenvalue weighted by molar-refractivity contribution is 0.0907.